The number of benzene rings is 3. The fraction of sp³-hybridized carbons (Fsp3) is 0.130. The van der Waals surface area contributed by atoms with Crippen molar-refractivity contribution in [3.05, 3.63) is 89.1 Å². The fourth-order valence-electron chi connectivity index (χ4n) is 3.26. The van der Waals surface area contributed by atoms with Crippen molar-refractivity contribution < 1.29 is 23.0 Å². The monoisotopic (exact) mass is 457 g/mol. The second-order valence-electron chi connectivity index (χ2n) is 7.07. The molecule has 0 saturated heterocycles. The van der Waals surface area contributed by atoms with Crippen molar-refractivity contribution in [3.8, 4) is 17.5 Å². The molecule has 1 aromatic heterocycles. The van der Waals surface area contributed by atoms with Gasteiger partial charge in [0.15, 0.2) is 0 Å². The van der Waals surface area contributed by atoms with Gasteiger partial charge < -0.3 is 9.84 Å². The molecule has 4 rings (SSSR count). The maximum atomic E-state index is 13.9. The number of aliphatic hydroxyl groups is 1. The van der Waals surface area contributed by atoms with Crippen molar-refractivity contribution >= 4 is 22.5 Å². The van der Waals surface area contributed by atoms with Gasteiger partial charge in [0.25, 0.3) is 0 Å². The largest absolute Gasteiger partial charge is 0.490 e. The maximum absolute atomic E-state index is 13.9. The fourth-order valence-corrected chi connectivity index (χ4v) is 3.47. The van der Waals surface area contributed by atoms with Crippen LogP contribution < -0.4 is 4.74 Å². The summed E-state index contributed by atoms with van der Waals surface area (Å²) in [5.41, 5.74) is -2.17. The lowest BCUT2D eigenvalue weighted by molar-refractivity contribution is -0.275. The van der Waals surface area contributed by atoms with Gasteiger partial charge in [0.1, 0.15) is 18.4 Å². The minimum atomic E-state index is -5.02. The van der Waals surface area contributed by atoms with Crippen molar-refractivity contribution in [2.24, 2.45) is 0 Å². The second-order valence-corrected chi connectivity index (χ2v) is 7.47. The minimum Gasteiger partial charge on any atom is -0.490 e. The van der Waals surface area contributed by atoms with Gasteiger partial charge in [0.2, 0.25) is 5.60 Å². The Morgan fingerprint density at radius 3 is 2.47 bits per heavy atom. The van der Waals surface area contributed by atoms with E-state index in [1.54, 1.807) is 4.68 Å². The van der Waals surface area contributed by atoms with Crippen LogP contribution in [0.1, 0.15) is 11.1 Å². The van der Waals surface area contributed by atoms with E-state index in [1.165, 1.54) is 42.6 Å². The van der Waals surface area contributed by atoms with E-state index in [9.17, 15) is 18.3 Å². The van der Waals surface area contributed by atoms with Crippen LogP contribution in [0.3, 0.4) is 0 Å². The Kier molecular flexibility index (Phi) is 5.55. The first-order valence-electron chi connectivity index (χ1n) is 9.38. The summed E-state index contributed by atoms with van der Waals surface area (Å²) in [6, 6.07) is 18.8. The average molecular weight is 458 g/mol. The Balaban J connectivity index is 1.68. The summed E-state index contributed by atoms with van der Waals surface area (Å²) in [5.74, 6) is -0.00495. The molecular formula is C23H15ClF3N3O2. The number of hydrogen-bond acceptors (Lipinski definition) is 4. The van der Waals surface area contributed by atoms with Gasteiger partial charge in [-0.1, -0.05) is 35.9 Å². The Morgan fingerprint density at radius 2 is 1.81 bits per heavy atom. The summed E-state index contributed by atoms with van der Waals surface area (Å²) in [6.07, 6.45) is -3.59. The summed E-state index contributed by atoms with van der Waals surface area (Å²) in [4.78, 5) is 0. The van der Waals surface area contributed by atoms with Gasteiger partial charge in [0, 0.05) is 11.5 Å². The third kappa shape index (κ3) is 3.88. The van der Waals surface area contributed by atoms with Gasteiger partial charge in [-0.25, -0.2) is 4.68 Å². The predicted octanol–water partition coefficient (Wildman–Crippen LogP) is 5.38. The topological polar surface area (TPSA) is 71.1 Å². The van der Waals surface area contributed by atoms with Gasteiger partial charge in [-0.15, -0.1) is 0 Å². The minimum absolute atomic E-state index is 0.00495. The number of halogens is 4. The molecule has 0 aliphatic rings. The molecule has 0 aliphatic carbocycles. The SMILES string of the molecule is N#Cc1ccc(OCC(O)(c2ccc3c(cnn3-c3ccccc3)c2)C(F)(F)F)cc1Cl. The molecule has 3 aromatic carbocycles. The molecule has 5 nitrogen and oxygen atoms in total. The number of alkyl halides is 3. The maximum Gasteiger partial charge on any atom is 0.424 e. The van der Waals surface area contributed by atoms with Crippen molar-refractivity contribution in [2.75, 3.05) is 6.61 Å². The van der Waals surface area contributed by atoms with Crippen LogP contribution in [0, 0.1) is 11.3 Å². The quantitative estimate of drug-likeness (QED) is 0.437. The molecule has 0 fully saturated rings. The zero-order valence-corrected chi connectivity index (χ0v) is 17.1. The molecule has 1 unspecified atom stereocenters. The highest BCUT2D eigenvalue weighted by atomic mass is 35.5. The Bertz CT molecular complexity index is 1320. The molecule has 4 aromatic rings. The van der Waals surface area contributed by atoms with Gasteiger partial charge in [0.05, 0.1) is 28.0 Å². The number of fused-ring (bicyclic) bond motifs is 1. The van der Waals surface area contributed by atoms with E-state index in [4.69, 9.17) is 21.6 Å². The summed E-state index contributed by atoms with van der Waals surface area (Å²) >= 11 is 5.91. The molecule has 32 heavy (non-hydrogen) atoms. The van der Waals surface area contributed by atoms with Crippen LogP contribution >= 0.6 is 11.6 Å². The Hall–Kier alpha value is -3.54. The molecule has 1 N–H and O–H groups in total. The van der Waals surface area contributed by atoms with Crippen LogP contribution in [0.5, 0.6) is 5.75 Å². The highest BCUT2D eigenvalue weighted by molar-refractivity contribution is 6.31. The molecular weight excluding hydrogens is 443 g/mol. The molecule has 0 amide bonds. The van der Waals surface area contributed by atoms with E-state index in [-0.39, 0.29) is 21.9 Å². The summed E-state index contributed by atoms with van der Waals surface area (Å²) in [5, 5.41) is 24.3. The molecule has 9 heteroatoms. The predicted molar refractivity (Wildman–Crippen MR) is 113 cm³/mol. The van der Waals surface area contributed by atoms with Crippen LogP contribution in [-0.4, -0.2) is 27.7 Å². The first-order valence-corrected chi connectivity index (χ1v) is 9.76. The van der Waals surface area contributed by atoms with Gasteiger partial charge in [-0.3, -0.25) is 0 Å². The molecule has 0 saturated carbocycles. The lowest BCUT2D eigenvalue weighted by atomic mass is 9.93. The number of nitriles is 1. The molecule has 0 spiro atoms. The summed E-state index contributed by atoms with van der Waals surface area (Å²) < 4.78 is 48.7. The molecule has 1 heterocycles. The van der Waals surface area contributed by atoms with Crippen molar-refractivity contribution in [1.82, 2.24) is 9.78 Å². The third-order valence-electron chi connectivity index (χ3n) is 5.02. The summed E-state index contributed by atoms with van der Waals surface area (Å²) in [6.45, 7) is -1.10. The van der Waals surface area contributed by atoms with Gasteiger partial charge in [-0.05, 0) is 42.0 Å². The number of para-hydroxylation sites is 1. The van der Waals surface area contributed by atoms with E-state index in [1.807, 2.05) is 36.4 Å². The number of hydrogen-bond donors (Lipinski definition) is 1. The van der Waals surface area contributed by atoms with Crippen LogP contribution in [0.25, 0.3) is 16.6 Å². The Labute approximate surface area is 185 Å². The lowest BCUT2D eigenvalue weighted by Crippen LogP contribution is -2.47. The highest BCUT2D eigenvalue weighted by Gasteiger charge is 2.56. The van der Waals surface area contributed by atoms with Gasteiger partial charge >= 0.3 is 6.18 Å². The molecule has 1 atom stereocenters. The molecule has 162 valence electrons. The summed E-state index contributed by atoms with van der Waals surface area (Å²) in [7, 11) is 0. The standard InChI is InChI=1S/C23H15ClF3N3O2/c24-20-11-19(8-6-15(20)12-28)32-14-22(31,23(25,26)27)17-7-9-21-16(10-17)13-29-30(21)18-4-2-1-3-5-18/h1-11,13,31H,14H2. The van der Waals surface area contributed by atoms with Crippen LogP contribution in [0.2, 0.25) is 5.02 Å². The van der Waals surface area contributed by atoms with E-state index < -0.39 is 18.4 Å². The van der Waals surface area contributed by atoms with E-state index in [2.05, 4.69) is 5.10 Å². The van der Waals surface area contributed by atoms with Crippen molar-refractivity contribution in [1.29, 1.82) is 5.26 Å². The third-order valence-corrected chi connectivity index (χ3v) is 5.34. The number of aromatic nitrogens is 2. The molecule has 0 aliphatic heterocycles. The second kappa shape index (κ2) is 8.19. The molecule has 0 radical (unpaired) electrons. The van der Waals surface area contributed by atoms with Crippen LogP contribution in [0.4, 0.5) is 13.2 Å². The smallest absolute Gasteiger partial charge is 0.424 e. The highest BCUT2D eigenvalue weighted by Crippen LogP contribution is 2.40. The number of nitrogens with zero attached hydrogens (tertiary/aromatic N) is 3. The first-order chi connectivity index (χ1) is 15.2. The number of ether oxygens (including phenoxy) is 1. The number of rotatable bonds is 5. The van der Waals surface area contributed by atoms with Crippen molar-refractivity contribution in [3.63, 3.8) is 0 Å². The van der Waals surface area contributed by atoms with E-state index >= 15 is 0 Å². The van der Waals surface area contributed by atoms with E-state index in [0.29, 0.717) is 10.9 Å². The molecule has 0 bridgehead atoms. The average Bonchev–Trinajstić information content (AvgIpc) is 3.20. The lowest BCUT2D eigenvalue weighted by Gasteiger charge is -2.31. The zero-order chi connectivity index (χ0) is 22.9. The Morgan fingerprint density at radius 1 is 1.06 bits per heavy atom. The first kappa shape index (κ1) is 21.7. The normalized spacial score (nSPS) is 13.5. The van der Waals surface area contributed by atoms with Gasteiger partial charge in [-0.2, -0.15) is 23.5 Å². The van der Waals surface area contributed by atoms with Crippen LogP contribution in [0.15, 0.2) is 72.9 Å². The zero-order valence-electron chi connectivity index (χ0n) is 16.3. The van der Waals surface area contributed by atoms with Crippen LogP contribution in [-0.2, 0) is 5.60 Å². The van der Waals surface area contributed by atoms with E-state index in [0.717, 1.165) is 5.69 Å². The van der Waals surface area contributed by atoms with Crippen molar-refractivity contribution in [2.45, 2.75) is 11.8 Å².